The molecule has 1 amide bonds. The summed E-state index contributed by atoms with van der Waals surface area (Å²) in [4.78, 5) is 17.3. The Morgan fingerprint density at radius 1 is 0.967 bits per heavy atom. The van der Waals surface area contributed by atoms with E-state index in [1.807, 2.05) is 56.0 Å². The average molecular weight is 439 g/mol. The minimum Gasteiger partial charge on any atom is -0.444 e. The molecule has 162 valence electrons. The Bertz CT molecular complexity index is 874. The highest BCUT2D eigenvalue weighted by Crippen LogP contribution is 2.40. The third-order valence-corrected chi connectivity index (χ3v) is 5.58. The molecule has 1 heterocycles. The molecule has 2 aromatic carbocycles. The predicted octanol–water partition coefficient (Wildman–Crippen LogP) is 5.91. The van der Waals surface area contributed by atoms with Crippen LogP contribution in [0, 0.1) is 0 Å². The van der Waals surface area contributed by atoms with Crippen molar-refractivity contribution in [3.63, 3.8) is 0 Å². The van der Waals surface area contributed by atoms with Crippen LogP contribution in [0.4, 0.5) is 23.7 Å². The standard InChI is InChI=1S/C22H25F3N2O2S/c1-21(2,3)29-20(28)27-13-11-26(12-14-27)18-10-9-16(22(23,24)25)15-19(18)30-17-7-5-4-6-8-17/h4-10,15H,11-14H2,1-3H3. The van der Waals surface area contributed by atoms with Crippen LogP contribution in [0.15, 0.2) is 58.3 Å². The Hall–Kier alpha value is -2.35. The van der Waals surface area contributed by atoms with Crippen molar-refractivity contribution in [1.82, 2.24) is 4.90 Å². The zero-order valence-electron chi connectivity index (χ0n) is 17.2. The van der Waals surface area contributed by atoms with Crippen LogP contribution in [-0.2, 0) is 10.9 Å². The van der Waals surface area contributed by atoms with E-state index < -0.39 is 17.3 Å². The molecular weight excluding hydrogens is 413 g/mol. The third kappa shape index (κ3) is 5.84. The quantitative estimate of drug-likeness (QED) is 0.596. The topological polar surface area (TPSA) is 32.8 Å². The van der Waals surface area contributed by atoms with Crippen LogP contribution in [0.2, 0.25) is 0 Å². The van der Waals surface area contributed by atoms with Gasteiger partial charge in [-0.15, -0.1) is 0 Å². The second-order valence-electron chi connectivity index (χ2n) is 8.05. The van der Waals surface area contributed by atoms with Gasteiger partial charge in [-0.2, -0.15) is 13.2 Å². The Kier molecular flexibility index (Phi) is 6.55. The first kappa shape index (κ1) is 22.3. The average Bonchev–Trinajstić information content (AvgIpc) is 2.67. The number of benzene rings is 2. The van der Waals surface area contributed by atoms with Gasteiger partial charge in [-0.05, 0) is 51.1 Å². The number of hydrogen-bond acceptors (Lipinski definition) is 4. The predicted molar refractivity (Wildman–Crippen MR) is 112 cm³/mol. The van der Waals surface area contributed by atoms with Gasteiger partial charge in [0.15, 0.2) is 0 Å². The van der Waals surface area contributed by atoms with Crippen LogP contribution in [0.1, 0.15) is 26.3 Å². The molecule has 0 aliphatic carbocycles. The zero-order chi connectivity index (χ0) is 21.9. The lowest BCUT2D eigenvalue weighted by Gasteiger charge is -2.37. The van der Waals surface area contributed by atoms with Crippen LogP contribution in [0.3, 0.4) is 0 Å². The molecule has 2 aromatic rings. The van der Waals surface area contributed by atoms with Crippen LogP contribution in [0.5, 0.6) is 0 Å². The van der Waals surface area contributed by atoms with Crippen molar-refractivity contribution in [2.75, 3.05) is 31.1 Å². The van der Waals surface area contributed by atoms with Crippen molar-refractivity contribution in [2.24, 2.45) is 0 Å². The molecule has 0 atom stereocenters. The summed E-state index contributed by atoms with van der Waals surface area (Å²) in [5.41, 5.74) is -0.501. The van der Waals surface area contributed by atoms with E-state index in [1.165, 1.54) is 23.9 Å². The fourth-order valence-corrected chi connectivity index (χ4v) is 4.14. The first-order valence-electron chi connectivity index (χ1n) is 9.70. The van der Waals surface area contributed by atoms with Gasteiger partial charge in [-0.1, -0.05) is 30.0 Å². The van der Waals surface area contributed by atoms with E-state index in [1.54, 1.807) is 4.90 Å². The maximum absolute atomic E-state index is 13.3. The van der Waals surface area contributed by atoms with Gasteiger partial charge in [0.2, 0.25) is 0 Å². The maximum atomic E-state index is 13.3. The van der Waals surface area contributed by atoms with Gasteiger partial charge in [0.05, 0.1) is 11.3 Å². The monoisotopic (exact) mass is 438 g/mol. The van der Waals surface area contributed by atoms with E-state index in [9.17, 15) is 18.0 Å². The molecule has 1 fully saturated rings. The fourth-order valence-electron chi connectivity index (χ4n) is 3.11. The van der Waals surface area contributed by atoms with Gasteiger partial charge in [0, 0.05) is 36.0 Å². The lowest BCUT2D eigenvalue weighted by atomic mass is 10.1. The van der Waals surface area contributed by atoms with E-state index >= 15 is 0 Å². The third-order valence-electron chi connectivity index (χ3n) is 4.53. The van der Waals surface area contributed by atoms with E-state index in [0.717, 1.165) is 16.6 Å². The fraction of sp³-hybridized carbons (Fsp3) is 0.409. The van der Waals surface area contributed by atoms with Crippen molar-refractivity contribution in [2.45, 2.75) is 42.3 Å². The maximum Gasteiger partial charge on any atom is 0.416 e. The molecule has 1 saturated heterocycles. The summed E-state index contributed by atoms with van der Waals surface area (Å²) in [6.45, 7) is 7.39. The minimum atomic E-state index is -4.40. The van der Waals surface area contributed by atoms with Crippen molar-refractivity contribution >= 4 is 23.5 Å². The summed E-state index contributed by atoms with van der Waals surface area (Å²) < 4.78 is 45.2. The van der Waals surface area contributed by atoms with E-state index in [-0.39, 0.29) is 6.09 Å². The summed E-state index contributed by atoms with van der Waals surface area (Å²) in [6.07, 6.45) is -4.77. The normalized spacial score (nSPS) is 15.3. The van der Waals surface area contributed by atoms with Gasteiger partial charge < -0.3 is 14.5 Å². The Morgan fingerprint density at radius 2 is 1.60 bits per heavy atom. The molecule has 0 aromatic heterocycles. The second kappa shape index (κ2) is 8.79. The Balaban J connectivity index is 1.79. The van der Waals surface area contributed by atoms with Crippen molar-refractivity contribution in [3.05, 3.63) is 54.1 Å². The highest BCUT2D eigenvalue weighted by atomic mass is 32.2. The molecule has 0 radical (unpaired) electrons. The van der Waals surface area contributed by atoms with Crippen molar-refractivity contribution in [3.8, 4) is 0 Å². The van der Waals surface area contributed by atoms with Gasteiger partial charge in [0.1, 0.15) is 5.60 Å². The molecule has 1 aliphatic heterocycles. The van der Waals surface area contributed by atoms with E-state index in [0.29, 0.717) is 31.1 Å². The van der Waals surface area contributed by atoms with Crippen LogP contribution < -0.4 is 4.90 Å². The molecule has 0 spiro atoms. The van der Waals surface area contributed by atoms with Gasteiger partial charge in [-0.3, -0.25) is 0 Å². The summed E-state index contributed by atoms with van der Waals surface area (Å²) >= 11 is 1.31. The molecular formula is C22H25F3N2O2S. The number of anilines is 1. The van der Waals surface area contributed by atoms with Crippen LogP contribution in [0.25, 0.3) is 0 Å². The number of rotatable bonds is 3. The summed E-state index contributed by atoms with van der Waals surface area (Å²) in [5, 5.41) is 0. The zero-order valence-corrected chi connectivity index (χ0v) is 18.0. The first-order chi connectivity index (χ1) is 14.0. The number of ether oxygens (including phenoxy) is 1. The number of piperazine rings is 1. The molecule has 0 bridgehead atoms. The Morgan fingerprint density at radius 3 is 2.17 bits per heavy atom. The summed E-state index contributed by atoms with van der Waals surface area (Å²) in [7, 11) is 0. The number of amides is 1. The molecule has 0 unspecified atom stereocenters. The highest BCUT2D eigenvalue weighted by Gasteiger charge is 2.32. The molecule has 0 saturated carbocycles. The van der Waals surface area contributed by atoms with E-state index in [4.69, 9.17) is 4.74 Å². The molecule has 4 nitrogen and oxygen atoms in total. The number of nitrogens with zero attached hydrogens (tertiary/aromatic N) is 2. The summed E-state index contributed by atoms with van der Waals surface area (Å²) in [6, 6.07) is 13.2. The van der Waals surface area contributed by atoms with Crippen molar-refractivity contribution in [1.29, 1.82) is 0 Å². The second-order valence-corrected chi connectivity index (χ2v) is 9.17. The smallest absolute Gasteiger partial charge is 0.416 e. The number of carbonyl (C=O) groups excluding carboxylic acids is 1. The number of alkyl halides is 3. The molecule has 3 rings (SSSR count). The molecule has 0 N–H and O–H groups in total. The van der Waals surface area contributed by atoms with Crippen LogP contribution >= 0.6 is 11.8 Å². The SMILES string of the molecule is CC(C)(C)OC(=O)N1CCN(c2ccc(C(F)(F)F)cc2Sc2ccccc2)CC1. The van der Waals surface area contributed by atoms with Gasteiger partial charge in [0.25, 0.3) is 0 Å². The first-order valence-corrected chi connectivity index (χ1v) is 10.5. The Labute approximate surface area is 179 Å². The number of hydrogen-bond donors (Lipinski definition) is 0. The lowest BCUT2D eigenvalue weighted by molar-refractivity contribution is -0.137. The number of halogens is 3. The van der Waals surface area contributed by atoms with Gasteiger partial charge >= 0.3 is 12.3 Å². The number of carbonyl (C=O) groups is 1. The van der Waals surface area contributed by atoms with Gasteiger partial charge in [-0.25, -0.2) is 4.79 Å². The summed E-state index contributed by atoms with van der Waals surface area (Å²) in [5.74, 6) is 0. The van der Waals surface area contributed by atoms with E-state index in [2.05, 4.69) is 0 Å². The molecule has 8 heteroatoms. The largest absolute Gasteiger partial charge is 0.444 e. The highest BCUT2D eigenvalue weighted by molar-refractivity contribution is 7.99. The van der Waals surface area contributed by atoms with Crippen molar-refractivity contribution < 1.29 is 22.7 Å². The van der Waals surface area contributed by atoms with Crippen LogP contribution in [-0.4, -0.2) is 42.8 Å². The lowest BCUT2D eigenvalue weighted by Crippen LogP contribution is -2.50. The molecule has 30 heavy (non-hydrogen) atoms. The minimum absolute atomic E-state index is 0.367. The molecule has 1 aliphatic rings.